The molecule has 20 heavy (non-hydrogen) atoms. The van der Waals surface area contributed by atoms with Crippen molar-refractivity contribution in [2.24, 2.45) is 11.7 Å². The first-order valence-electron chi connectivity index (χ1n) is 6.34. The average molecular weight is 288 g/mol. The van der Waals surface area contributed by atoms with Gasteiger partial charge >= 0.3 is 6.18 Å². The summed E-state index contributed by atoms with van der Waals surface area (Å²) in [4.78, 5) is 5.37. The van der Waals surface area contributed by atoms with Crippen LogP contribution in [0.25, 0.3) is 0 Å². The van der Waals surface area contributed by atoms with Gasteiger partial charge in [0.2, 0.25) is 0 Å². The molecular formula is C13H19F3N4. The molecule has 0 radical (unpaired) electrons. The molecule has 0 saturated carbocycles. The highest BCUT2D eigenvalue weighted by Gasteiger charge is 2.33. The van der Waals surface area contributed by atoms with Crippen LogP contribution >= 0.6 is 0 Å². The molecule has 1 heterocycles. The van der Waals surface area contributed by atoms with Gasteiger partial charge in [-0.2, -0.15) is 13.2 Å². The summed E-state index contributed by atoms with van der Waals surface area (Å²) in [6.45, 7) is 6.79. The lowest BCUT2D eigenvalue weighted by molar-refractivity contribution is -0.141. The Morgan fingerprint density at radius 3 is 2.40 bits per heavy atom. The fourth-order valence-corrected chi connectivity index (χ4v) is 1.86. The number of nitrogens with one attached hydrogen (secondary N) is 1. The molecule has 1 aromatic rings. The van der Waals surface area contributed by atoms with Crippen molar-refractivity contribution in [3.63, 3.8) is 0 Å². The summed E-state index contributed by atoms with van der Waals surface area (Å²) in [5.41, 5.74) is 4.68. The number of rotatable bonds is 5. The zero-order valence-corrected chi connectivity index (χ0v) is 11.8. The molecule has 0 aliphatic carbocycles. The third-order valence-electron chi connectivity index (χ3n) is 2.72. The first kappa shape index (κ1) is 16.3. The van der Waals surface area contributed by atoms with E-state index in [2.05, 4.69) is 4.98 Å². The molecule has 0 fully saturated rings. The van der Waals surface area contributed by atoms with Crippen LogP contribution in [-0.4, -0.2) is 23.9 Å². The molecule has 1 aromatic heterocycles. The summed E-state index contributed by atoms with van der Waals surface area (Å²) in [5, 5.41) is 7.48. The van der Waals surface area contributed by atoms with Gasteiger partial charge in [0.25, 0.3) is 0 Å². The summed E-state index contributed by atoms with van der Waals surface area (Å²) in [6, 6.07) is 2.06. The van der Waals surface area contributed by atoms with Crippen LogP contribution in [0.15, 0.2) is 12.1 Å². The van der Waals surface area contributed by atoms with Gasteiger partial charge < -0.3 is 10.6 Å². The van der Waals surface area contributed by atoms with Crippen molar-refractivity contribution >= 4 is 11.7 Å². The fraction of sp³-hybridized carbons (Fsp3) is 0.538. The summed E-state index contributed by atoms with van der Waals surface area (Å²) >= 11 is 0. The summed E-state index contributed by atoms with van der Waals surface area (Å²) in [5.74, 6) is 0.0815. The van der Waals surface area contributed by atoms with E-state index in [1.165, 1.54) is 6.07 Å². The van der Waals surface area contributed by atoms with Gasteiger partial charge in [0.05, 0.1) is 5.56 Å². The molecule has 0 atom stereocenters. The minimum absolute atomic E-state index is 0.114. The third-order valence-corrected chi connectivity index (χ3v) is 2.72. The molecule has 7 heteroatoms. The topological polar surface area (TPSA) is 66.0 Å². The highest BCUT2D eigenvalue weighted by Crippen LogP contribution is 2.30. The number of pyridine rings is 1. The number of alkyl halides is 3. The molecule has 0 amide bonds. The number of nitrogens with zero attached hydrogens (tertiary/aromatic N) is 2. The third kappa shape index (κ3) is 3.85. The number of nitrogens with two attached hydrogens (primary N) is 1. The van der Waals surface area contributed by atoms with Gasteiger partial charge in [-0.1, -0.05) is 13.8 Å². The lowest BCUT2D eigenvalue weighted by Crippen LogP contribution is -2.31. The number of hydrogen-bond donors (Lipinski definition) is 2. The van der Waals surface area contributed by atoms with Crippen molar-refractivity contribution in [1.29, 1.82) is 5.41 Å². The maximum absolute atomic E-state index is 12.8. The van der Waals surface area contributed by atoms with Crippen molar-refractivity contribution < 1.29 is 13.2 Å². The van der Waals surface area contributed by atoms with E-state index in [0.29, 0.717) is 13.1 Å². The van der Waals surface area contributed by atoms with E-state index in [9.17, 15) is 13.2 Å². The molecule has 3 N–H and O–H groups in total. The minimum Gasteiger partial charge on any atom is -0.384 e. The lowest BCUT2D eigenvalue weighted by Gasteiger charge is -2.26. The Bertz CT molecular complexity index is 483. The molecule has 0 aliphatic heterocycles. The molecular weight excluding hydrogens is 269 g/mol. The van der Waals surface area contributed by atoms with Crippen LogP contribution in [-0.2, 0) is 6.18 Å². The van der Waals surface area contributed by atoms with Crippen LogP contribution in [0, 0.1) is 11.3 Å². The minimum atomic E-state index is -4.51. The van der Waals surface area contributed by atoms with Gasteiger partial charge in [-0.25, -0.2) is 4.98 Å². The number of nitrogen functional groups attached to an aromatic ring is 1. The smallest absolute Gasteiger partial charge is 0.384 e. The van der Waals surface area contributed by atoms with Gasteiger partial charge in [-0.05, 0) is 25.0 Å². The Hall–Kier alpha value is -1.79. The normalized spacial score (nSPS) is 11.8. The Morgan fingerprint density at radius 1 is 1.40 bits per heavy atom. The first-order chi connectivity index (χ1) is 9.16. The Labute approximate surface area is 116 Å². The van der Waals surface area contributed by atoms with E-state index in [1.54, 1.807) is 4.90 Å². The van der Waals surface area contributed by atoms with Crippen molar-refractivity contribution in [1.82, 2.24) is 4.98 Å². The Balaban J connectivity index is 3.34. The standard InChI is InChI=1S/C13H19F3N4/c1-4-20(7-8(2)3)12-9(11(17)18)5-6-10(19-12)13(14,15)16/h5-6,8H,4,7H2,1-3H3,(H3,17,18). The highest BCUT2D eigenvalue weighted by atomic mass is 19.4. The lowest BCUT2D eigenvalue weighted by atomic mass is 10.1. The maximum Gasteiger partial charge on any atom is 0.433 e. The van der Waals surface area contributed by atoms with Gasteiger partial charge in [0.15, 0.2) is 0 Å². The van der Waals surface area contributed by atoms with E-state index in [1.807, 2.05) is 20.8 Å². The maximum atomic E-state index is 12.8. The number of anilines is 1. The van der Waals surface area contributed by atoms with E-state index < -0.39 is 11.9 Å². The van der Waals surface area contributed by atoms with Gasteiger partial charge in [0, 0.05) is 13.1 Å². The van der Waals surface area contributed by atoms with Gasteiger partial charge in [-0.3, -0.25) is 5.41 Å². The van der Waals surface area contributed by atoms with E-state index >= 15 is 0 Å². The van der Waals surface area contributed by atoms with Crippen LogP contribution in [0.2, 0.25) is 0 Å². The van der Waals surface area contributed by atoms with Crippen molar-refractivity contribution in [3.05, 3.63) is 23.4 Å². The SMILES string of the molecule is CCN(CC(C)C)c1nc(C(F)(F)F)ccc1C(=N)N. The quantitative estimate of drug-likeness (QED) is 0.646. The fourth-order valence-electron chi connectivity index (χ4n) is 1.86. The summed E-state index contributed by atoms with van der Waals surface area (Å²) in [6.07, 6.45) is -4.51. The second-order valence-corrected chi connectivity index (χ2v) is 4.91. The van der Waals surface area contributed by atoms with E-state index in [-0.39, 0.29) is 23.1 Å². The first-order valence-corrected chi connectivity index (χ1v) is 6.34. The number of aromatic nitrogens is 1. The van der Waals surface area contributed by atoms with E-state index in [4.69, 9.17) is 11.1 Å². The van der Waals surface area contributed by atoms with Gasteiger partial charge in [0.1, 0.15) is 17.3 Å². The Kier molecular flexibility index (Phi) is 4.97. The second kappa shape index (κ2) is 6.11. The van der Waals surface area contributed by atoms with Crippen LogP contribution in [0.3, 0.4) is 0 Å². The van der Waals surface area contributed by atoms with Crippen LogP contribution in [0.5, 0.6) is 0 Å². The molecule has 0 spiro atoms. The van der Waals surface area contributed by atoms with Crippen LogP contribution in [0.1, 0.15) is 32.0 Å². The molecule has 0 aliphatic rings. The zero-order valence-electron chi connectivity index (χ0n) is 11.8. The van der Waals surface area contributed by atoms with Gasteiger partial charge in [-0.15, -0.1) is 0 Å². The predicted octanol–water partition coefficient (Wildman–Crippen LogP) is 2.87. The number of hydrogen-bond acceptors (Lipinski definition) is 3. The second-order valence-electron chi connectivity index (χ2n) is 4.91. The van der Waals surface area contributed by atoms with Crippen molar-refractivity contribution in [3.8, 4) is 0 Å². The monoisotopic (exact) mass is 288 g/mol. The highest BCUT2D eigenvalue weighted by molar-refractivity contribution is 5.99. The molecule has 0 bridgehead atoms. The molecule has 1 rings (SSSR count). The van der Waals surface area contributed by atoms with Crippen LogP contribution < -0.4 is 10.6 Å². The largest absolute Gasteiger partial charge is 0.433 e. The molecule has 0 unspecified atom stereocenters. The number of amidine groups is 1. The molecule has 112 valence electrons. The summed E-state index contributed by atoms with van der Waals surface area (Å²) in [7, 11) is 0. The van der Waals surface area contributed by atoms with Crippen LogP contribution in [0.4, 0.5) is 19.0 Å². The molecule has 4 nitrogen and oxygen atoms in total. The Morgan fingerprint density at radius 2 is 2.00 bits per heavy atom. The van der Waals surface area contributed by atoms with Crippen molar-refractivity contribution in [2.75, 3.05) is 18.0 Å². The van der Waals surface area contributed by atoms with Crippen molar-refractivity contribution in [2.45, 2.75) is 26.9 Å². The summed E-state index contributed by atoms with van der Waals surface area (Å²) < 4.78 is 38.3. The zero-order chi connectivity index (χ0) is 15.5. The number of halogens is 3. The average Bonchev–Trinajstić information content (AvgIpc) is 2.33. The van der Waals surface area contributed by atoms with E-state index in [0.717, 1.165) is 6.07 Å². The molecule has 0 saturated heterocycles. The predicted molar refractivity (Wildman–Crippen MR) is 73.0 cm³/mol. The molecule has 0 aromatic carbocycles.